The molecule has 3 rings (SSSR count). The average Bonchev–Trinajstić information content (AvgIpc) is 2.93. The molecule has 0 aliphatic carbocycles. The standard InChI is InChI=1S/C15H13BrN4O3S/c1-19-12(21)9(13(22)20(2)15(19)23)11-10(18-14(17)24-11)7-3-5-8(16)6-4-7/h3-6,21H,1-2H3,(H2,17,18). The van der Waals surface area contributed by atoms with E-state index in [1.165, 1.54) is 14.1 Å². The number of nitrogens with zero attached hydrogens (tertiary/aromatic N) is 3. The summed E-state index contributed by atoms with van der Waals surface area (Å²) in [7, 11) is 2.75. The summed E-state index contributed by atoms with van der Waals surface area (Å²) in [6.07, 6.45) is 0. The van der Waals surface area contributed by atoms with Gasteiger partial charge in [-0.1, -0.05) is 39.4 Å². The number of nitrogens with two attached hydrogens (primary N) is 1. The van der Waals surface area contributed by atoms with Crippen molar-refractivity contribution in [2.45, 2.75) is 0 Å². The molecule has 0 bridgehead atoms. The number of benzene rings is 1. The lowest BCUT2D eigenvalue weighted by Gasteiger charge is -2.10. The van der Waals surface area contributed by atoms with Gasteiger partial charge in [0, 0.05) is 24.1 Å². The third kappa shape index (κ3) is 2.55. The van der Waals surface area contributed by atoms with Gasteiger partial charge in [-0.05, 0) is 12.1 Å². The Hall–Kier alpha value is -2.39. The minimum atomic E-state index is -0.607. The van der Waals surface area contributed by atoms with Crippen LogP contribution in [0, 0.1) is 0 Å². The molecule has 0 spiro atoms. The van der Waals surface area contributed by atoms with E-state index in [2.05, 4.69) is 20.9 Å². The summed E-state index contributed by atoms with van der Waals surface area (Å²) in [6, 6.07) is 7.33. The van der Waals surface area contributed by atoms with Crippen LogP contribution in [-0.2, 0) is 14.1 Å². The van der Waals surface area contributed by atoms with Crippen molar-refractivity contribution < 1.29 is 5.11 Å². The highest BCUT2D eigenvalue weighted by molar-refractivity contribution is 9.10. The van der Waals surface area contributed by atoms with Gasteiger partial charge in [-0.2, -0.15) is 0 Å². The second-order valence-corrected chi connectivity index (χ2v) is 7.09. The maximum absolute atomic E-state index is 12.5. The van der Waals surface area contributed by atoms with Crippen LogP contribution < -0.4 is 17.0 Å². The Morgan fingerprint density at radius 1 is 1.17 bits per heavy atom. The second-order valence-electron chi connectivity index (χ2n) is 5.14. The lowest BCUT2D eigenvalue weighted by Crippen LogP contribution is -2.37. The molecule has 1 aromatic carbocycles. The first kappa shape index (κ1) is 16.5. The number of aromatic nitrogens is 3. The molecule has 3 aromatic rings. The largest absolute Gasteiger partial charge is 0.494 e. The average molecular weight is 409 g/mol. The number of rotatable bonds is 2. The molecule has 0 saturated carbocycles. The van der Waals surface area contributed by atoms with Crippen molar-refractivity contribution in [2.24, 2.45) is 14.1 Å². The Kier molecular flexibility index (Phi) is 4.06. The number of nitrogen functional groups attached to an aromatic ring is 1. The fraction of sp³-hybridized carbons (Fsp3) is 0.133. The van der Waals surface area contributed by atoms with E-state index in [4.69, 9.17) is 5.73 Å². The third-order valence-corrected chi connectivity index (χ3v) is 5.05. The number of aromatic hydroxyl groups is 1. The minimum absolute atomic E-state index is 0.00622. The molecule has 3 N–H and O–H groups in total. The molecule has 0 aliphatic heterocycles. The lowest BCUT2D eigenvalue weighted by molar-refractivity contribution is 0.415. The summed E-state index contributed by atoms with van der Waals surface area (Å²) in [5, 5.41) is 10.6. The Balaban J connectivity index is 2.36. The molecule has 2 aromatic heterocycles. The maximum atomic E-state index is 12.5. The van der Waals surface area contributed by atoms with Gasteiger partial charge in [0.05, 0.1) is 10.6 Å². The van der Waals surface area contributed by atoms with E-state index in [0.29, 0.717) is 10.6 Å². The van der Waals surface area contributed by atoms with Crippen molar-refractivity contribution in [2.75, 3.05) is 5.73 Å². The Bertz CT molecular complexity index is 1050. The molecular weight excluding hydrogens is 396 g/mol. The normalized spacial score (nSPS) is 11.0. The van der Waals surface area contributed by atoms with Crippen LogP contribution in [0.25, 0.3) is 21.7 Å². The molecule has 0 amide bonds. The summed E-state index contributed by atoms with van der Waals surface area (Å²) in [5.74, 6) is -0.412. The fourth-order valence-electron chi connectivity index (χ4n) is 2.34. The number of hydrogen-bond acceptors (Lipinski definition) is 6. The Morgan fingerprint density at radius 3 is 2.42 bits per heavy atom. The van der Waals surface area contributed by atoms with Gasteiger partial charge < -0.3 is 10.8 Å². The predicted octanol–water partition coefficient (Wildman–Crippen LogP) is 1.92. The summed E-state index contributed by atoms with van der Waals surface area (Å²) in [4.78, 5) is 29.2. The highest BCUT2D eigenvalue weighted by Gasteiger charge is 2.23. The van der Waals surface area contributed by atoms with Gasteiger partial charge in [0.1, 0.15) is 5.56 Å². The molecule has 9 heteroatoms. The smallest absolute Gasteiger partial charge is 0.333 e. The number of hydrogen-bond donors (Lipinski definition) is 2. The molecule has 0 aliphatic rings. The highest BCUT2D eigenvalue weighted by atomic mass is 79.9. The molecule has 0 fully saturated rings. The molecule has 2 heterocycles. The van der Waals surface area contributed by atoms with Crippen LogP contribution >= 0.6 is 27.3 Å². The summed E-state index contributed by atoms with van der Waals surface area (Å²) >= 11 is 4.45. The minimum Gasteiger partial charge on any atom is -0.494 e. The van der Waals surface area contributed by atoms with Crippen LogP contribution in [0.4, 0.5) is 5.13 Å². The first-order valence-electron chi connectivity index (χ1n) is 6.83. The summed E-state index contributed by atoms with van der Waals surface area (Å²) < 4.78 is 2.85. The second kappa shape index (κ2) is 5.91. The van der Waals surface area contributed by atoms with Gasteiger partial charge in [0.25, 0.3) is 5.56 Å². The van der Waals surface area contributed by atoms with Crippen molar-refractivity contribution in [3.05, 3.63) is 49.6 Å². The van der Waals surface area contributed by atoms with Gasteiger partial charge in [-0.15, -0.1) is 0 Å². The van der Waals surface area contributed by atoms with Gasteiger partial charge in [0.15, 0.2) is 5.13 Å². The number of anilines is 1. The molecule has 0 radical (unpaired) electrons. The van der Waals surface area contributed by atoms with E-state index in [1.807, 2.05) is 24.3 Å². The molecule has 24 heavy (non-hydrogen) atoms. The van der Waals surface area contributed by atoms with Crippen LogP contribution in [0.3, 0.4) is 0 Å². The van der Waals surface area contributed by atoms with Crippen molar-refractivity contribution >= 4 is 32.4 Å². The van der Waals surface area contributed by atoms with Crippen molar-refractivity contribution in [3.8, 4) is 27.6 Å². The Labute approximate surface area is 148 Å². The van der Waals surface area contributed by atoms with Crippen LogP contribution in [0.2, 0.25) is 0 Å². The first-order chi connectivity index (χ1) is 11.3. The van der Waals surface area contributed by atoms with E-state index in [0.717, 1.165) is 30.5 Å². The zero-order valence-electron chi connectivity index (χ0n) is 12.8. The SMILES string of the molecule is Cn1c(O)c(-c2sc(N)nc2-c2ccc(Br)cc2)c(=O)n(C)c1=O. The van der Waals surface area contributed by atoms with Crippen molar-refractivity contribution in [3.63, 3.8) is 0 Å². The summed E-state index contributed by atoms with van der Waals surface area (Å²) in [6.45, 7) is 0. The van der Waals surface area contributed by atoms with Gasteiger partial charge >= 0.3 is 5.69 Å². The first-order valence-corrected chi connectivity index (χ1v) is 8.43. The number of halogens is 1. The molecule has 0 unspecified atom stereocenters. The van der Waals surface area contributed by atoms with Crippen LogP contribution in [-0.4, -0.2) is 19.2 Å². The monoisotopic (exact) mass is 408 g/mol. The van der Waals surface area contributed by atoms with Crippen LogP contribution in [0.1, 0.15) is 0 Å². The molecular formula is C15H13BrN4O3S. The maximum Gasteiger partial charge on any atom is 0.333 e. The lowest BCUT2D eigenvalue weighted by atomic mass is 10.1. The van der Waals surface area contributed by atoms with Gasteiger partial charge in [0.2, 0.25) is 5.88 Å². The van der Waals surface area contributed by atoms with E-state index < -0.39 is 17.1 Å². The fourth-order valence-corrected chi connectivity index (χ4v) is 3.49. The molecule has 124 valence electrons. The quantitative estimate of drug-likeness (QED) is 0.673. The van der Waals surface area contributed by atoms with E-state index >= 15 is 0 Å². The van der Waals surface area contributed by atoms with E-state index in [9.17, 15) is 14.7 Å². The Morgan fingerprint density at radius 2 is 1.79 bits per heavy atom. The summed E-state index contributed by atoms with van der Waals surface area (Å²) in [5.41, 5.74) is 5.86. The van der Waals surface area contributed by atoms with Crippen molar-refractivity contribution in [1.29, 1.82) is 0 Å². The predicted molar refractivity (Wildman–Crippen MR) is 97.2 cm³/mol. The van der Waals surface area contributed by atoms with E-state index in [-0.39, 0.29) is 10.7 Å². The van der Waals surface area contributed by atoms with Crippen LogP contribution in [0.5, 0.6) is 5.88 Å². The van der Waals surface area contributed by atoms with Crippen LogP contribution in [0.15, 0.2) is 38.3 Å². The zero-order valence-corrected chi connectivity index (χ0v) is 15.2. The molecule has 0 atom stereocenters. The van der Waals surface area contributed by atoms with E-state index in [1.54, 1.807) is 0 Å². The van der Waals surface area contributed by atoms with Crippen molar-refractivity contribution in [1.82, 2.24) is 14.1 Å². The van der Waals surface area contributed by atoms with Gasteiger partial charge in [-0.3, -0.25) is 13.9 Å². The molecule has 7 nitrogen and oxygen atoms in total. The topological polar surface area (TPSA) is 103 Å². The number of thiazole rings is 1. The molecule has 0 saturated heterocycles. The zero-order chi connectivity index (χ0) is 17.6. The highest BCUT2D eigenvalue weighted by Crippen LogP contribution is 2.39. The third-order valence-electron chi connectivity index (χ3n) is 3.62. The van der Waals surface area contributed by atoms with Gasteiger partial charge in [-0.25, -0.2) is 9.78 Å².